The first kappa shape index (κ1) is 13.0. The SMILES string of the molecule is CCCNC1CCC(N2CCc3ccccc32)CC1. The van der Waals surface area contributed by atoms with E-state index in [4.69, 9.17) is 0 Å². The van der Waals surface area contributed by atoms with Crippen molar-refractivity contribution >= 4 is 5.69 Å². The highest BCUT2D eigenvalue weighted by Gasteiger charge is 2.29. The predicted octanol–water partition coefficient (Wildman–Crippen LogP) is 3.36. The molecule has 19 heavy (non-hydrogen) atoms. The lowest BCUT2D eigenvalue weighted by atomic mass is 9.90. The molecule has 1 N–H and O–H groups in total. The number of nitrogens with zero attached hydrogens (tertiary/aromatic N) is 1. The molecule has 1 aromatic rings. The average molecular weight is 258 g/mol. The van der Waals surface area contributed by atoms with E-state index in [0.29, 0.717) is 0 Å². The number of para-hydroxylation sites is 1. The molecule has 0 saturated heterocycles. The maximum atomic E-state index is 3.68. The van der Waals surface area contributed by atoms with Gasteiger partial charge in [-0.2, -0.15) is 0 Å². The second kappa shape index (κ2) is 5.96. The Morgan fingerprint density at radius 2 is 1.95 bits per heavy atom. The van der Waals surface area contributed by atoms with Crippen LogP contribution in [-0.4, -0.2) is 25.2 Å². The van der Waals surface area contributed by atoms with Crippen LogP contribution in [-0.2, 0) is 6.42 Å². The number of nitrogens with one attached hydrogen (secondary N) is 1. The smallest absolute Gasteiger partial charge is 0.0402 e. The molecule has 2 nitrogen and oxygen atoms in total. The lowest BCUT2D eigenvalue weighted by Crippen LogP contribution is -2.42. The molecule has 0 atom stereocenters. The van der Waals surface area contributed by atoms with E-state index in [1.165, 1.54) is 57.3 Å². The summed E-state index contributed by atoms with van der Waals surface area (Å²) in [6, 6.07) is 10.5. The van der Waals surface area contributed by atoms with Gasteiger partial charge in [0.25, 0.3) is 0 Å². The molecular weight excluding hydrogens is 232 g/mol. The summed E-state index contributed by atoms with van der Waals surface area (Å²) in [6.45, 7) is 4.67. The van der Waals surface area contributed by atoms with Gasteiger partial charge in [-0.3, -0.25) is 0 Å². The molecule has 1 heterocycles. The molecular formula is C17H26N2. The molecule has 0 radical (unpaired) electrons. The van der Waals surface area contributed by atoms with Gasteiger partial charge in [-0.05, 0) is 56.7 Å². The molecule has 0 bridgehead atoms. The molecule has 2 heteroatoms. The summed E-state index contributed by atoms with van der Waals surface area (Å²) in [5.41, 5.74) is 3.06. The number of anilines is 1. The second-order valence-corrected chi connectivity index (χ2v) is 6.03. The highest BCUT2D eigenvalue weighted by Crippen LogP contribution is 2.34. The van der Waals surface area contributed by atoms with Crippen LogP contribution >= 0.6 is 0 Å². The van der Waals surface area contributed by atoms with Gasteiger partial charge < -0.3 is 10.2 Å². The molecule has 104 valence electrons. The van der Waals surface area contributed by atoms with Crippen LogP contribution in [0.5, 0.6) is 0 Å². The van der Waals surface area contributed by atoms with Crippen LogP contribution in [0.25, 0.3) is 0 Å². The van der Waals surface area contributed by atoms with Gasteiger partial charge in [0.15, 0.2) is 0 Å². The fraction of sp³-hybridized carbons (Fsp3) is 0.647. The minimum absolute atomic E-state index is 0.772. The molecule has 1 aliphatic carbocycles. The molecule has 1 saturated carbocycles. The third kappa shape index (κ3) is 2.79. The number of hydrogen-bond donors (Lipinski definition) is 1. The molecule has 2 aliphatic rings. The summed E-state index contributed by atoms with van der Waals surface area (Å²) in [5, 5.41) is 3.68. The third-order valence-corrected chi connectivity index (χ3v) is 4.74. The Balaban J connectivity index is 1.58. The van der Waals surface area contributed by atoms with E-state index in [0.717, 1.165) is 12.1 Å². The first-order chi connectivity index (χ1) is 9.38. The van der Waals surface area contributed by atoms with E-state index in [2.05, 4.69) is 41.4 Å². The molecule has 0 unspecified atom stereocenters. The average Bonchev–Trinajstić information content (AvgIpc) is 2.90. The Kier molecular flexibility index (Phi) is 4.07. The Labute approximate surface area is 117 Å². The van der Waals surface area contributed by atoms with E-state index in [1.54, 1.807) is 5.56 Å². The summed E-state index contributed by atoms with van der Waals surface area (Å²) in [5.74, 6) is 0. The maximum absolute atomic E-state index is 3.68. The molecule has 1 fully saturated rings. The Hall–Kier alpha value is -1.02. The maximum Gasteiger partial charge on any atom is 0.0402 e. The summed E-state index contributed by atoms with van der Waals surface area (Å²) in [7, 11) is 0. The van der Waals surface area contributed by atoms with E-state index < -0.39 is 0 Å². The Morgan fingerprint density at radius 1 is 1.16 bits per heavy atom. The Bertz CT molecular complexity index is 407. The zero-order chi connectivity index (χ0) is 13.1. The summed E-state index contributed by atoms with van der Waals surface area (Å²) in [6.07, 6.45) is 7.90. The molecule has 0 aromatic heterocycles. The van der Waals surface area contributed by atoms with Crippen molar-refractivity contribution in [2.24, 2.45) is 0 Å². The number of hydrogen-bond acceptors (Lipinski definition) is 2. The van der Waals surface area contributed by atoms with Crippen LogP contribution in [0.4, 0.5) is 5.69 Å². The lowest BCUT2D eigenvalue weighted by Gasteiger charge is -2.36. The molecule has 0 spiro atoms. The fourth-order valence-corrected chi connectivity index (χ4v) is 3.68. The highest BCUT2D eigenvalue weighted by molar-refractivity contribution is 5.58. The normalized spacial score (nSPS) is 26.5. The van der Waals surface area contributed by atoms with E-state index in [-0.39, 0.29) is 0 Å². The standard InChI is InChI=1S/C17H26N2/c1-2-12-18-15-7-9-16(10-8-15)19-13-11-14-5-3-4-6-17(14)19/h3-6,15-16,18H,2,7-13H2,1H3. The summed E-state index contributed by atoms with van der Waals surface area (Å²) in [4.78, 5) is 2.67. The third-order valence-electron chi connectivity index (χ3n) is 4.74. The number of benzene rings is 1. The zero-order valence-corrected chi connectivity index (χ0v) is 12.1. The number of fused-ring (bicyclic) bond motifs is 1. The number of rotatable bonds is 4. The minimum atomic E-state index is 0.772. The van der Waals surface area contributed by atoms with Crippen molar-refractivity contribution in [3.05, 3.63) is 29.8 Å². The molecule has 0 amide bonds. The van der Waals surface area contributed by atoms with Crippen LogP contribution in [0, 0.1) is 0 Å². The fourth-order valence-electron chi connectivity index (χ4n) is 3.68. The van der Waals surface area contributed by atoms with Crippen molar-refractivity contribution in [2.45, 2.75) is 57.5 Å². The van der Waals surface area contributed by atoms with E-state index in [9.17, 15) is 0 Å². The molecule has 3 rings (SSSR count). The van der Waals surface area contributed by atoms with Gasteiger partial charge in [-0.1, -0.05) is 25.1 Å². The van der Waals surface area contributed by atoms with Crippen molar-refractivity contribution in [2.75, 3.05) is 18.0 Å². The van der Waals surface area contributed by atoms with E-state index >= 15 is 0 Å². The van der Waals surface area contributed by atoms with Crippen LogP contribution in [0.1, 0.15) is 44.6 Å². The molecule has 1 aromatic carbocycles. The predicted molar refractivity (Wildman–Crippen MR) is 81.8 cm³/mol. The topological polar surface area (TPSA) is 15.3 Å². The van der Waals surface area contributed by atoms with E-state index in [1.807, 2.05) is 0 Å². The van der Waals surface area contributed by atoms with Crippen molar-refractivity contribution in [1.29, 1.82) is 0 Å². The first-order valence-corrected chi connectivity index (χ1v) is 7.96. The van der Waals surface area contributed by atoms with Crippen LogP contribution in [0.2, 0.25) is 0 Å². The van der Waals surface area contributed by atoms with Gasteiger partial charge in [-0.25, -0.2) is 0 Å². The second-order valence-electron chi connectivity index (χ2n) is 6.03. The van der Waals surface area contributed by atoms with Gasteiger partial charge in [-0.15, -0.1) is 0 Å². The largest absolute Gasteiger partial charge is 0.368 e. The van der Waals surface area contributed by atoms with Crippen molar-refractivity contribution < 1.29 is 0 Å². The first-order valence-electron chi connectivity index (χ1n) is 7.96. The van der Waals surface area contributed by atoms with Crippen LogP contribution in [0.15, 0.2) is 24.3 Å². The minimum Gasteiger partial charge on any atom is -0.368 e. The van der Waals surface area contributed by atoms with Crippen LogP contribution < -0.4 is 10.2 Å². The summed E-state index contributed by atoms with van der Waals surface area (Å²) < 4.78 is 0. The Morgan fingerprint density at radius 3 is 2.74 bits per heavy atom. The monoisotopic (exact) mass is 258 g/mol. The van der Waals surface area contributed by atoms with Crippen molar-refractivity contribution in [3.8, 4) is 0 Å². The zero-order valence-electron chi connectivity index (χ0n) is 12.1. The van der Waals surface area contributed by atoms with Crippen molar-refractivity contribution in [3.63, 3.8) is 0 Å². The van der Waals surface area contributed by atoms with Crippen molar-refractivity contribution in [1.82, 2.24) is 5.32 Å². The van der Waals surface area contributed by atoms with Crippen LogP contribution in [0.3, 0.4) is 0 Å². The van der Waals surface area contributed by atoms with Gasteiger partial charge >= 0.3 is 0 Å². The van der Waals surface area contributed by atoms with Gasteiger partial charge in [0, 0.05) is 24.3 Å². The highest BCUT2D eigenvalue weighted by atomic mass is 15.2. The van der Waals surface area contributed by atoms with Gasteiger partial charge in [0.2, 0.25) is 0 Å². The quantitative estimate of drug-likeness (QED) is 0.891. The lowest BCUT2D eigenvalue weighted by molar-refractivity contribution is 0.334. The molecule has 1 aliphatic heterocycles. The van der Waals surface area contributed by atoms with Gasteiger partial charge in [0.05, 0.1) is 0 Å². The van der Waals surface area contributed by atoms with Gasteiger partial charge in [0.1, 0.15) is 0 Å². The summed E-state index contributed by atoms with van der Waals surface area (Å²) >= 11 is 0.